The van der Waals surface area contributed by atoms with Crippen LogP contribution >= 0.6 is 0 Å². The molecule has 1 aromatic rings. The largest absolute Gasteiger partial charge is 0.492 e. The molecule has 0 unspecified atom stereocenters. The van der Waals surface area contributed by atoms with Crippen molar-refractivity contribution in [3.05, 3.63) is 29.8 Å². The van der Waals surface area contributed by atoms with Gasteiger partial charge in [-0.05, 0) is 19.1 Å². The van der Waals surface area contributed by atoms with Gasteiger partial charge in [0.15, 0.2) is 0 Å². The molecule has 0 bridgehead atoms. The zero-order chi connectivity index (χ0) is 16.3. The lowest BCUT2D eigenvalue weighted by Gasteiger charge is -2.24. The standard InChI is InChI=1S/C13H14F5NO2/c1-9-3-5-10(6-4-9)21-8-7-19(2)11(20)12(14,15)13(16,17)18/h3-6H,7-8H2,1-2H3. The van der Waals surface area contributed by atoms with E-state index in [1.54, 1.807) is 24.3 Å². The van der Waals surface area contributed by atoms with Gasteiger partial charge in [-0.3, -0.25) is 4.79 Å². The highest BCUT2D eigenvalue weighted by atomic mass is 19.4. The Morgan fingerprint density at radius 3 is 2.14 bits per heavy atom. The molecule has 0 aliphatic heterocycles. The minimum absolute atomic E-state index is 0.195. The van der Waals surface area contributed by atoms with Crippen LogP contribution in [-0.2, 0) is 4.79 Å². The maximum atomic E-state index is 12.8. The maximum Gasteiger partial charge on any atom is 0.463 e. The molecule has 0 saturated heterocycles. The molecule has 21 heavy (non-hydrogen) atoms. The van der Waals surface area contributed by atoms with Crippen LogP contribution in [0.25, 0.3) is 0 Å². The number of alkyl halides is 5. The molecule has 1 amide bonds. The molecule has 0 aliphatic carbocycles. The van der Waals surface area contributed by atoms with Crippen molar-refractivity contribution in [2.24, 2.45) is 0 Å². The molecule has 0 aliphatic rings. The summed E-state index contributed by atoms with van der Waals surface area (Å²) >= 11 is 0. The fraction of sp³-hybridized carbons (Fsp3) is 0.462. The predicted octanol–water partition coefficient (Wildman–Crippen LogP) is 3.03. The number of ether oxygens (including phenoxy) is 1. The molecule has 0 heterocycles. The zero-order valence-corrected chi connectivity index (χ0v) is 11.4. The van der Waals surface area contributed by atoms with Crippen molar-refractivity contribution >= 4 is 5.91 Å². The van der Waals surface area contributed by atoms with Crippen molar-refractivity contribution in [2.75, 3.05) is 20.2 Å². The van der Waals surface area contributed by atoms with E-state index in [2.05, 4.69) is 0 Å². The number of nitrogens with zero attached hydrogens (tertiary/aromatic N) is 1. The second-order valence-corrected chi connectivity index (χ2v) is 4.46. The van der Waals surface area contributed by atoms with Gasteiger partial charge in [-0.2, -0.15) is 22.0 Å². The Morgan fingerprint density at radius 2 is 1.67 bits per heavy atom. The molecule has 0 saturated carbocycles. The number of amides is 1. The summed E-state index contributed by atoms with van der Waals surface area (Å²) in [4.78, 5) is 11.4. The molecule has 1 aromatic carbocycles. The van der Waals surface area contributed by atoms with Gasteiger partial charge in [0.1, 0.15) is 12.4 Å². The summed E-state index contributed by atoms with van der Waals surface area (Å²) in [5.74, 6) is -7.27. The van der Waals surface area contributed by atoms with Gasteiger partial charge in [0.2, 0.25) is 0 Å². The Labute approximate surface area is 118 Å². The minimum Gasteiger partial charge on any atom is -0.492 e. The third-order valence-electron chi connectivity index (χ3n) is 2.69. The first-order valence-electron chi connectivity index (χ1n) is 5.95. The molecule has 0 radical (unpaired) electrons. The van der Waals surface area contributed by atoms with Gasteiger partial charge >= 0.3 is 18.0 Å². The second-order valence-electron chi connectivity index (χ2n) is 4.46. The Morgan fingerprint density at radius 1 is 1.14 bits per heavy atom. The van der Waals surface area contributed by atoms with Crippen LogP contribution in [0.2, 0.25) is 0 Å². The molecule has 0 N–H and O–H groups in total. The number of hydrogen-bond donors (Lipinski definition) is 0. The lowest BCUT2D eigenvalue weighted by Crippen LogP contribution is -2.51. The Bertz CT molecular complexity index is 484. The van der Waals surface area contributed by atoms with Gasteiger partial charge in [0, 0.05) is 7.05 Å². The SMILES string of the molecule is Cc1ccc(OCCN(C)C(=O)C(F)(F)C(F)(F)F)cc1. The second kappa shape index (κ2) is 6.28. The highest BCUT2D eigenvalue weighted by molar-refractivity contribution is 5.84. The van der Waals surface area contributed by atoms with Gasteiger partial charge < -0.3 is 9.64 Å². The highest BCUT2D eigenvalue weighted by Crippen LogP contribution is 2.36. The number of carbonyl (C=O) groups excluding carboxylic acids is 1. The normalized spacial score (nSPS) is 12.1. The van der Waals surface area contributed by atoms with Crippen LogP contribution < -0.4 is 4.74 Å². The number of likely N-dealkylation sites (N-methyl/N-ethyl adjacent to an activating group) is 1. The van der Waals surface area contributed by atoms with Crippen LogP contribution in [0.3, 0.4) is 0 Å². The molecule has 8 heteroatoms. The van der Waals surface area contributed by atoms with E-state index in [9.17, 15) is 26.7 Å². The van der Waals surface area contributed by atoms with Crippen LogP contribution in [-0.4, -0.2) is 43.1 Å². The van der Waals surface area contributed by atoms with Crippen molar-refractivity contribution in [1.82, 2.24) is 4.90 Å². The third kappa shape index (κ3) is 4.30. The summed E-state index contributed by atoms with van der Waals surface area (Å²) in [6.07, 6.45) is -5.91. The van der Waals surface area contributed by atoms with Crippen LogP contribution in [0.1, 0.15) is 5.56 Å². The van der Waals surface area contributed by atoms with Crippen LogP contribution in [0.5, 0.6) is 5.75 Å². The van der Waals surface area contributed by atoms with Crippen LogP contribution in [0.4, 0.5) is 22.0 Å². The predicted molar refractivity (Wildman–Crippen MR) is 65.3 cm³/mol. The summed E-state index contributed by atoms with van der Waals surface area (Å²) in [5.41, 5.74) is 0.986. The van der Waals surface area contributed by atoms with E-state index in [1.165, 1.54) is 0 Å². The van der Waals surface area contributed by atoms with E-state index < -0.39 is 24.6 Å². The Hall–Kier alpha value is -1.86. The maximum absolute atomic E-state index is 12.8. The molecule has 0 atom stereocenters. The summed E-state index contributed by atoms with van der Waals surface area (Å²) in [7, 11) is 0.862. The summed E-state index contributed by atoms with van der Waals surface area (Å²) < 4.78 is 66.9. The highest BCUT2D eigenvalue weighted by Gasteiger charge is 2.64. The van der Waals surface area contributed by atoms with Gasteiger partial charge in [-0.15, -0.1) is 0 Å². The number of halogens is 5. The summed E-state index contributed by atoms with van der Waals surface area (Å²) in [5, 5.41) is 0. The first kappa shape index (κ1) is 17.2. The van der Waals surface area contributed by atoms with Crippen molar-refractivity contribution in [3.8, 4) is 5.75 Å². The third-order valence-corrected chi connectivity index (χ3v) is 2.69. The summed E-state index contributed by atoms with van der Waals surface area (Å²) in [6.45, 7) is 1.27. The molecule has 1 rings (SSSR count). The average Bonchev–Trinajstić information content (AvgIpc) is 2.38. The summed E-state index contributed by atoms with van der Waals surface area (Å²) in [6, 6.07) is 6.76. The van der Waals surface area contributed by atoms with Crippen molar-refractivity contribution in [2.45, 2.75) is 19.0 Å². The van der Waals surface area contributed by atoms with Gasteiger partial charge in [-0.25, -0.2) is 0 Å². The van der Waals surface area contributed by atoms with Gasteiger partial charge in [0.05, 0.1) is 6.54 Å². The van der Waals surface area contributed by atoms with Crippen LogP contribution in [0, 0.1) is 6.92 Å². The van der Waals surface area contributed by atoms with E-state index in [0.29, 0.717) is 10.6 Å². The molecule has 0 spiro atoms. The Balaban J connectivity index is 2.52. The average molecular weight is 311 g/mol. The first-order valence-corrected chi connectivity index (χ1v) is 5.95. The minimum atomic E-state index is -5.91. The Kier molecular flexibility index (Phi) is 5.14. The van der Waals surface area contributed by atoms with Crippen molar-refractivity contribution in [3.63, 3.8) is 0 Å². The molecule has 3 nitrogen and oxygen atoms in total. The van der Waals surface area contributed by atoms with Gasteiger partial charge in [-0.1, -0.05) is 17.7 Å². The number of hydrogen-bond acceptors (Lipinski definition) is 2. The number of rotatable bonds is 5. The lowest BCUT2D eigenvalue weighted by atomic mass is 10.2. The zero-order valence-electron chi connectivity index (χ0n) is 11.4. The number of benzene rings is 1. The lowest BCUT2D eigenvalue weighted by molar-refractivity contribution is -0.274. The molecule has 118 valence electrons. The van der Waals surface area contributed by atoms with E-state index in [1.807, 2.05) is 6.92 Å². The smallest absolute Gasteiger partial charge is 0.463 e. The van der Waals surface area contributed by atoms with E-state index in [4.69, 9.17) is 4.74 Å². The van der Waals surface area contributed by atoms with E-state index in [0.717, 1.165) is 12.6 Å². The van der Waals surface area contributed by atoms with E-state index >= 15 is 0 Å². The van der Waals surface area contributed by atoms with Crippen molar-refractivity contribution < 1.29 is 31.5 Å². The van der Waals surface area contributed by atoms with E-state index in [-0.39, 0.29) is 6.61 Å². The number of aryl methyl sites for hydroxylation is 1. The topological polar surface area (TPSA) is 29.5 Å². The first-order chi connectivity index (χ1) is 9.55. The fourth-order valence-electron chi connectivity index (χ4n) is 1.40. The quantitative estimate of drug-likeness (QED) is 0.782. The van der Waals surface area contributed by atoms with Gasteiger partial charge in [0.25, 0.3) is 0 Å². The van der Waals surface area contributed by atoms with Crippen LogP contribution in [0.15, 0.2) is 24.3 Å². The molecular formula is C13H14F5NO2. The molecule has 0 fully saturated rings. The van der Waals surface area contributed by atoms with Crippen molar-refractivity contribution in [1.29, 1.82) is 0 Å². The number of carbonyl (C=O) groups is 1. The molecule has 0 aromatic heterocycles. The molecular weight excluding hydrogens is 297 g/mol. The monoisotopic (exact) mass is 311 g/mol. The fourth-order valence-corrected chi connectivity index (χ4v) is 1.40.